The minimum atomic E-state index is 0.00724. The maximum Gasteiger partial charge on any atom is 0.178 e. The van der Waals surface area contributed by atoms with Crippen LogP contribution in [-0.2, 0) is 6.42 Å². The Bertz CT molecular complexity index is 619. The van der Waals surface area contributed by atoms with Crippen molar-refractivity contribution in [2.75, 3.05) is 11.4 Å². The number of nitrogens with zero attached hydrogens (tertiary/aromatic N) is 2. The topological polar surface area (TPSA) is 33.2 Å². The Balaban J connectivity index is 1.98. The first-order valence-corrected chi connectivity index (χ1v) is 7.08. The standard InChI is InChI=1S/C17H18N2O/c1-13(20)16-10-9-15(12-18-16)19-11-5-4-7-14-6-2-3-8-17(14)19/h2-3,6,8-10,12H,4-5,7,11H2,1H3. The van der Waals surface area contributed by atoms with Crippen LogP contribution >= 0.6 is 0 Å². The maximum absolute atomic E-state index is 11.3. The van der Waals surface area contributed by atoms with Gasteiger partial charge in [0.2, 0.25) is 0 Å². The fourth-order valence-electron chi connectivity index (χ4n) is 2.71. The zero-order chi connectivity index (χ0) is 13.9. The van der Waals surface area contributed by atoms with E-state index in [2.05, 4.69) is 34.1 Å². The molecule has 20 heavy (non-hydrogen) atoms. The minimum Gasteiger partial charge on any atom is -0.340 e. The molecule has 3 heteroatoms. The molecule has 0 saturated heterocycles. The first-order valence-electron chi connectivity index (χ1n) is 7.08. The molecule has 0 atom stereocenters. The second-order valence-electron chi connectivity index (χ2n) is 5.20. The van der Waals surface area contributed by atoms with Gasteiger partial charge >= 0.3 is 0 Å². The number of para-hydroxylation sites is 1. The van der Waals surface area contributed by atoms with Crippen LogP contribution in [0.1, 0.15) is 35.8 Å². The molecule has 3 rings (SSSR count). The highest BCUT2D eigenvalue weighted by atomic mass is 16.1. The molecule has 1 aromatic carbocycles. The van der Waals surface area contributed by atoms with Crippen molar-refractivity contribution in [1.29, 1.82) is 0 Å². The van der Waals surface area contributed by atoms with Crippen LogP contribution in [0.15, 0.2) is 42.6 Å². The van der Waals surface area contributed by atoms with Crippen molar-refractivity contribution in [3.63, 3.8) is 0 Å². The highest BCUT2D eigenvalue weighted by Gasteiger charge is 2.16. The molecule has 1 aromatic heterocycles. The van der Waals surface area contributed by atoms with Gasteiger partial charge in [0.25, 0.3) is 0 Å². The molecule has 1 aliphatic rings. The van der Waals surface area contributed by atoms with E-state index in [1.54, 1.807) is 13.1 Å². The van der Waals surface area contributed by atoms with Gasteiger partial charge < -0.3 is 4.90 Å². The Morgan fingerprint density at radius 3 is 2.75 bits per heavy atom. The molecule has 1 aliphatic heterocycles. The first-order chi connectivity index (χ1) is 9.75. The lowest BCUT2D eigenvalue weighted by Gasteiger charge is -2.24. The summed E-state index contributed by atoms with van der Waals surface area (Å²) in [7, 11) is 0. The van der Waals surface area contributed by atoms with Crippen LogP contribution < -0.4 is 4.90 Å². The van der Waals surface area contributed by atoms with Crippen molar-refractivity contribution in [3.8, 4) is 0 Å². The van der Waals surface area contributed by atoms with E-state index < -0.39 is 0 Å². The second-order valence-corrected chi connectivity index (χ2v) is 5.20. The number of aromatic nitrogens is 1. The van der Waals surface area contributed by atoms with E-state index >= 15 is 0 Å². The lowest BCUT2D eigenvalue weighted by atomic mass is 10.1. The zero-order valence-electron chi connectivity index (χ0n) is 11.7. The van der Waals surface area contributed by atoms with E-state index in [1.807, 2.05) is 12.1 Å². The number of hydrogen-bond acceptors (Lipinski definition) is 3. The summed E-state index contributed by atoms with van der Waals surface area (Å²) >= 11 is 0. The molecule has 0 aliphatic carbocycles. The lowest BCUT2D eigenvalue weighted by molar-refractivity contribution is 0.101. The smallest absolute Gasteiger partial charge is 0.178 e. The Labute approximate surface area is 119 Å². The number of anilines is 2. The number of hydrogen-bond donors (Lipinski definition) is 0. The Morgan fingerprint density at radius 1 is 1.15 bits per heavy atom. The minimum absolute atomic E-state index is 0.00724. The van der Waals surface area contributed by atoms with Crippen molar-refractivity contribution in [1.82, 2.24) is 4.98 Å². The highest BCUT2D eigenvalue weighted by molar-refractivity contribution is 5.92. The highest BCUT2D eigenvalue weighted by Crippen LogP contribution is 2.32. The van der Waals surface area contributed by atoms with E-state index in [-0.39, 0.29) is 5.78 Å². The van der Waals surface area contributed by atoms with Gasteiger partial charge in [-0.25, -0.2) is 0 Å². The van der Waals surface area contributed by atoms with Gasteiger partial charge in [0.05, 0.1) is 11.9 Å². The summed E-state index contributed by atoms with van der Waals surface area (Å²) in [6.07, 6.45) is 5.32. The van der Waals surface area contributed by atoms with Crippen LogP contribution in [0.4, 0.5) is 11.4 Å². The predicted octanol–water partition coefficient (Wildman–Crippen LogP) is 3.76. The third kappa shape index (κ3) is 2.44. The van der Waals surface area contributed by atoms with E-state index in [0.29, 0.717) is 5.69 Å². The van der Waals surface area contributed by atoms with Gasteiger partial charge in [0.1, 0.15) is 5.69 Å². The molecule has 3 nitrogen and oxygen atoms in total. The SMILES string of the molecule is CC(=O)c1ccc(N2CCCCc3ccccc32)cn1. The maximum atomic E-state index is 11.3. The van der Waals surface area contributed by atoms with Gasteiger partial charge in [-0.2, -0.15) is 0 Å². The van der Waals surface area contributed by atoms with Crippen molar-refractivity contribution < 1.29 is 4.79 Å². The van der Waals surface area contributed by atoms with Gasteiger partial charge in [0, 0.05) is 19.2 Å². The molecule has 0 bridgehead atoms. The van der Waals surface area contributed by atoms with E-state index in [9.17, 15) is 4.79 Å². The second kappa shape index (κ2) is 5.45. The zero-order valence-corrected chi connectivity index (χ0v) is 11.7. The summed E-state index contributed by atoms with van der Waals surface area (Å²) in [5, 5.41) is 0. The van der Waals surface area contributed by atoms with Crippen LogP contribution in [0, 0.1) is 0 Å². The number of aryl methyl sites for hydroxylation is 1. The van der Waals surface area contributed by atoms with Crippen LogP contribution in [0.5, 0.6) is 0 Å². The molecule has 2 aromatic rings. The van der Waals surface area contributed by atoms with Gasteiger partial charge in [-0.1, -0.05) is 18.2 Å². The lowest BCUT2D eigenvalue weighted by Crippen LogP contribution is -2.18. The number of benzene rings is 1. The quantitative estimate of drug-likeness (QED) is 0.776. The van der Waals surface area contributed by atoms with Gasteiger partial charge in [0.15, 0.2) is 5.78 Å². The van der Waals surface area contributed by atoms with Crippen LogP contribution in [-0.4, -0.2) is 17.3 Å². The summed E-state index contributed by atoms with van der Waals surface area (Å²) in [4.78, 5) is 17.9. The molecule has 2 heterocycles. The predicted molar refractivity (Wildman–Crippen MR) is 80.6 cm³/mol. The molecule has 0 saturated carbocycles. The Kier molecular flexibility index (Phi) is 3.50. The number of rotatable bonds is 2. The normalized spacial score (nSPS) is 14.6. The molecule has 0 radical (unpaired) electrons. The summed E-state index contributed by atoms with van der Waals surface area (Å²) in [6.45, 7) is 2.54. The van der Waals surface area contributed by atoms with Crippen LogP contribution in [0.25, 0.3) is 0 Å². The van der Waals surface area contributed by atoms with E-state index in [1.165, 1.54) is 24.1 Å². The summed E-state index contributed by atoms with van der Waals surface area (Å²) in [5.74, 6) is 0.00724. The molecular weight excluding hydrogens is 248 g/mol. The van der Waals surface area contributed by atoms with Crippen molar-refractivity contribution in [2.45, 2.75) is 26.2 Å². The number of Topliss-reactive ketones (excluding diaryl/α,β-unsaturated/α-hetero) is 1. The summed E-state index contributed by atoms with van der Waals surface area (Å²) in [6, 6.07) is 12.3. The Morgan fingerprint density at radius 2 is 2.00 bits per heavy atom. The van der Waals surface area contributed by atoms with E-state index in [0.717, 1.165) is 18.7 Å². The van der Waals surface area contributed by atoms with Crippen LogP contribution in [0.3, 0.4) is 0 Å². The van der Waals surface area contributed by atoms with Crippen molar-refractivity contribution in [2.24, 2.45) is 0 Å². The molecular formula is C17H18N2O. The number of fused-ring (bicyclic) bond motifs is 1. The fraction of sp³-hybridized carbons (Fsp3) is 0.294. The van der Waals surface area contributed by atoms with Crippen molar-refractivity contribution >= 4 is 17.2 Å². The molecule has 0 amide bonds. The molecule has 0 N–H and O–H groups in total. The molecule has 0 fully saturated rings. The first kappa shape index (κ1) is 12.9. The third-order valence-corrected chi connectivity index (χ3v) is 3.78. The van der Waals surface area contributed by atoms with E-state index in [4.69, 9.17) is 0 Å². The van der Waals surface area contributed by atoms with Crippen molar-refractivity contribution in [3.05, 3.63) is 53.9 Å². The number of ketones is 1. The third-order valence-electron chi connectivity index (χ3n) is 3.78. The largest absolute Gasteiger partial charge is 0.340 e. The van der Waals surface area contributed by atoms with Gasteiger partial charge in [-0.3, -0.25) is 9.78 Å². The molecule has 102 valence electrons. The number of carbonyl (C=O) groups excluding carboxylic acids is 1. The van der Waals surface area contributed by atoms with Crippen LogP contribution in [0.2, 0.25) is 0 Å². The average molecular weight is 266 g/mol. The fourth-order valence-corrected chi connectivity index (χ4v) is 2.71. The van der Waals surface area contributed by atoms with Gasteiger partial charge in [-0.15, -0.1) is 0 Å². The Hall–Kier alpha value is -2.16. The molecule has 0 unspecified atom stereocenters. The number of pyridine rings is 1. The molecule has 0 spiro atoms. The average Bonchev–Trinajstić information content (AvgIpc) is 2.69. The van der Waals surface area contributed by atoms with Gasteiger partial charge in [-0.05, 0) is 43.0 Å². The summed E-state index contributed by atoms with van der Waals surface area (Å²) < 4.78 is 0. The number of carbonyl (C=O) groups is 1. The monoisotopic (exact) mass is 266 g/mol. The summed E-state index contributed by atoms with van der Waals surface area (Å²) in [5.41, 5.74) is 4.24.